The van der Waals surface area contributed by atoms with Crippen LogP contribution < -0.4 is 0 Å². The average Bonchev–Trinajstić information content (AvgIpc) is 2.09. The zero-order chi connectivity index (χ0) is 8.97. The van der Waals surface area contributed by atoms with Gasteiger partial charge in [0.1, 0.15) is 0 Å². The monoisotopic (exact) mass is 231 g/mol. The van der Waals surface area contributed by atoms with Crippen molar-refractivity contribution < 1.29 is 0 Å². The van der Waals surface area contributed by atoms with E-state index in [0.717, 1.165) is 17.8 Å². The third kappa shape index (κ3) is 3.28. The minimum Gasteiger partial charge on any atom is -0.299 e. The molecule has 12 heavy (non-hydrogen) atoms. The molecule has 0 fully saturated rings. The highest BCUT2D eigenvalue weighted by atomic mass is 79.9. The number of alkyl halides is 1. The molecule has 1 atom stereocenters. The SMILES string of the molecule is CC1=CCN(CC(C)CBr)CC1. The van der Waals surface area contributed by atoms with Crippen LogP contribution in [0, 0.1) is 5.92 Å². The smallest absolute Gasteiger partial charge is 0.0165 e. The standard InChI is InChI=1S/C10H18BrN/c1-9-3-5-12(6-4-9)8-10(2)7-11/h3,10H,4-8H2,1-2H3. The van der Waals surface area contributed by atoms with Gasteiger partial charge in [-0.2, -0.15) is 0 Å². The van der Waals surface area contributed by atoms with E-state index in [4.69, 9.17) is 0 Å². The lowest BCUT2D eigenvalue weighted by Crippen LogP contribution is -2.32. The third-order valence-corrected chi connectivity index (χ3v) is 3.46. The molecular weight excluding hydrogens is 214 g/mol. The van der Waals surface area contributed by atoms with Crippen molar-refractivity contribution in [2.24, 2.45) is 5.92 Å². The van der Waals surface area contributed by atoms with Crippen molar-refractivity contribution in [3.05, 3.63) is 11.6 Å². The molecular formula is C10H18BrN. The summed E-state index contributed by atoms with van der Waals surface area (Å²) in [5.41, 5.74) is 1.55. The van der Waals surface area contributed by atoms with E-state index in [9.17, 15) is 0 Å². The summed E-state index contributed by atoms with van der Waals surface area (Å²) < 4.78 is 0. The minimum atomic E-state index is 0.775. The zero-order valence-corrected chi connectivity index (χ0v) is 9.60. The van der Waals surface area contributed by atoms with Crippen LogP contribution in [-0.4, -0.2) is 29.9 Å². The van der Waals surface area contributed by atoms with Gasteiger partial charge in [0, 0.05) is 25.0 Å². The summed E-state index contributed by atoms with van der Waals surface area (Å²) in [6.07, 6.45) is 3.61. The van der Waals surface area contributed by atoms with Crippen LogP contribution in [0.2, 0.25) is 0 Å². The number of hydrogen-bond acceptors (Lipinski definition) is 1. The largest absolute Gasteiger partial charge is 0.299 e. The first-order valence-corrected chi connectivity index (χ1v) is 5.78. The van der Waals surface area contributed by atoms with Crippen LogP contribution in [0.5, 0.6) is 0 Å². The Kier molecular flexibility index (Phi) is 4.30. The molecule has 0 amide bonds. The highest BCUT2D eigenvalue weighted by Crippen LogP contribution is 2.11. The minimum absolute atomic E-state index is 0.775. The highest BCUT2D eigenvalue weighted by molar-refractivity contribution is 9.09. The first kappa shape index (κ1) is 10.3. The fraction of sp³-hybridized carbons (Fsp3) is 0.800. The van der Waals surface area contributed by atoms with E-state index in [0.29, 0.717) is 0 Å². The Morgan fingerprint density at radius 2 is 2.42 bits per heavy atom. The van der Waals surface area contributed by atoms with Gasteiger partial charge in [0.05, 0.1) is 0 Å². The summed E-state index contributed by atoms with van der Waals surface area (Å²) in [7, 11) is 0. The van der Waals surface area contributed by atoms with Gasteiger partial charge < -0.3 is 0 Å². The highest BCUT2D eigenvalue weighted by Gasteiger charge is 2.11. The van der Waals surface area contributed by atoms with Crippen molar-refractivity contribution >= 4 is 15.9 Å². The predicted octanol–water partition coefficient (Wildman–Crippen LogP) is 2.67. The van der Waals surface area contributed by atoms with Crippen LogP contribution in [0.25, 0.3) is 0 Å². The van der Waals surface area contributed by atoms with Crippen molar-refractivity contribution in [1.82, 2.24) is 4.90 Å². The van der Waals surface area contributed by atoms with E-state index >= 15 is 0 Å². The molecule has 70 valence electrons. The molecule has 1 aliphatic heterocycles. The Balaban J connectivity index is 2.27. The molecule has 0 aromatic rings. The van der Waals surface area contributed by atoms with Crippen LogP contribution in [-0.2, 0) is 0 Å². The van der Waals surface area contributed by atoms with Crippen molar-refractivity contribution in [2.45, 2.75) is 20.3 Å². The first-order valence-electron chi connectivity index (χ1n) is 4.66. The van der Waals surface area contributed by atoms with Crippen molar-refractivity contribution in [2.75, 3.05) is 25.0 Å². The number of rotatable bonds is 3. The summed E-state index contributed by atoms with van der Waals surface area (Å²) in [6, 6.07) is 0. The van der Waals surface area contributed by atoms with Crippen LogP contribution in [0.3, 0.4) is 0 Å². The van der Waals surface area contributed by atoms with E-state index in [2.05, 4.69) is 40.8 Å². The van der Waals surface area contributed by atoms with Crippen molar-refractivity contribution in [3.8, 4) is 0 Å². The normalized spacial score (nSPS) is 22.1. The number of halogens is 1. The Bertz CT molecular complexity index is 165. The van der Waals surface area contributed by atoms with Gasteiger partial charge in [-0.3, -0.25) is 4.90 Å². The molecule has 2 heteroatoms. The predicted molar refractivity (Wildman–Crippen MR) is 57.8 cm³/mol. The molecule has 0 N–H and O–H groups in total. The topological polar surface area (TPSA) is 3.24 Å². The van der Waals surface area contributed by atoms with Gasteiger partial charge in [-0.05, 0) is 19.3 Å². The first-order chi connectivity index (χ1) is 5.72. The van der Waals surface area contributed by atoms with Crippen molar-refractivity contribution in [1.29, 1.82) is 0 Å². The van der Waals surface area contributed by atoms with Crippen LogP contribution >= 0.6 is 15.9 Å². The van der Waals surface area contributed by atoms with Gasteiger partial charge in [-0.25, -0.2) is 0 Å². The van der Waals surface area contributed by atoms with E-state index in [1.807, 2.05) is 0 Å². The molecule has 1 rings (SSSR count). The van der Waals surface area contributed by atoms with Crippen LogP contribution in [0.1, 0.15) is 20.3 Å². The summed E-state index contributed by atoms with van der Waals surface area (Å²) in [5.74, 6) is 0.775. The van der Waals surface area contributed by atoms with Gasteiger partial charge in [0.25, 0.3) is 0 Å². The van der Waals surface area contributed by atoms with E-state index in [-0.39, 0.29) is 0 Å². The molecule has 0 aliphatic carbocycles. The van der Waals surface area contributed by atoms with Gasteiger partial charge in [-0.1, -0.05) is 34.5 Å². The molecule has 1 heterocycles. The molecule has 1 aliphatic rings. The fourth-order valence-corrected chi connectivity index (χ4v) is 1.67. The van der Waals surface area contributed by atoms with E-state index in [1.54, 1.807) is 5.57 Å². The van der Waals surface area contributed by atoms with Crippen molar-refractivity contribution in [3.63, 3.8) is 0 Å². The van der Waals surface area contributed by atoms with E-state index < -0.39 is 0 Å². The molecule has 1 unspecified atom stereocenters. The lowest BCUT2D eigenvalue weighted by atomic mass is 10.1. The van der Waals surface area contributed by atoms with Crippen LogP contribution in [0.4, 0.5) is 0 Å². The lowest BCUT2D eigenvalue weighted by molar-refractivity contribution is 0.264. The Morgan fingerprint density at radius 3 is 2.92 bits per heavy atom. The summed E-state index contributed by atoms with van der Waals surface area (Å²) in [6.45, 7) is 8.16. The second-order valence-electron chi connectivity index (χ2n) is 3.82. The van der Waals surface area contributed by atoms with Gasteiger partial charge in [0.2, 0.25) is 0 Å². The molecule has 0 aromatic carbocycles. The molecule has 0 aromatic heterocycles. The zero-order valence-electron chi connectivity index (χ0n) is 8.02. The Labute approximate surface area is 84.0 Å². The van der Waals surface area contributed by atoms with Crippen LogP contribution in [0.15, 0.2) is 11.6 Å². The average molecular weight is 232 g/mol. The Hall–Kier alpha value is 0.180. The molecule has 1 nitrogen and oxygen atoms in total. The fourth-order valence-electron chi connectivity index (χ4n) is 1.47. The quantitative estimate of drug-likeness (QED) is 0.534. The second kappa shape index (κ2) is 5.03. The van der Waals surface area contributed by atoms with E-state index in [1.165, 1.54) is 19.5 Å². The van der Waals surface area contributed by atoms with Gasteiger partial charge in [0.15, 0.2) is 0 Å². The van der Waals surface area contributed by atoms with Gasteiger partial charge >= 0.3 is 0 Å². The lowest BCUT2D eigenvalue weighted by Gasteiger charge is -2.27. The molecule has 0 spiro atoms. The maximum absolute atomic E-state index is 3.51. The molecule has 0 saturated carbocycles. The third-order valence-electron chi connectivity index (χ3n) is 2.35. The maximum Gasteiger partial charge on any atom is 0.0165 e. The number of hydrogen-bond donors (Lipinski definition) is 0. The maximum atomic E-state index is 3.51. The molecule has 0 saturated heterocycles. The molecule has 0 radical (unpaired) electrons. The summed E-state index contributed by atoms with van der Waals surface area (Å²) in [4.78, 5) is 2.53. The Morgan fingerprint density at radius 1 is 1.67 bits per heavy atom. The number of nitrogens with zero attached hydrogens (tertiary/aromatic N) is 1. The summed E-state index contributed by atoms with van der Waals surface area (Å²) in [5, 5.41) is 1.12. The molecule has 0 bridgehead atoms. The summed E-state index contributed by atoms with van der Waals surface area (Å²) >= 11 is 3.51. The van der Waals surface area contributed by atoms with Gasteiger partial charge in [-0.15, -0.1) is 0 Å². The second-order valence-corrected chi connectivity index (χ2v) is 4.47.